The van der Waals surface area contributed by atoms with Gasteiger partial charge in [-0.1, -0.05) is 13.3 Å². The molecule has 26 heavy (non-hydrogen) atoms. The van der Waals surface area contributed by atoms with Gasteiger partial charge >= 0.3 is 5.97 Å². The molecule has 0 radical (unpaired) electrons. The molecule has 7 heteroatoms. The number of pyridine rings is 1. The molecular weight excluding hydrogens is 337 g/mol. The molecule has 0 amide bonds. The Balaban J connectivity index is 1.89. The quantitative estimate of drug-likeness (QED) is 0.856. The number of aromatic carboxylic acids is 1. The van der Waals surface area contributed by atoms with E-state index in [0.717, 1.165) is 25.7 Å². The molecule has 6 nitrogen and oxygen atoms in total. The van der Waals surface area contributed by atoms with Crippen LogP contribution in [0.5, 0.6) is 0 Å². The highest BCUT2D eigenvalue weighted by molar-refractivity contribution is 5.93. The summed E-state index contributed by atoms with van der Waals surface area (Å²) in [4.78, 5) is 25.9. The first-order valence-electron chi connectivity index (χ1n) is 9.06. The normalized spacial score (nSPS) is 22.5. The van der Waals surface area contributed by atoms with Gasteiger partial charge in [-0.25, -0.2) is 9.18 Å². The van der Waals surface area contributed by atoms with E-state index in [0.29, 0.717) is 17.7 Å². The van der Waals surface area contributed by atoms with Gasteiger partial charge in [0.05, 0.1) is 11.2 Å². The van der Waals surface area contributed by atoms with Gasteiger partial charge in [0.1, 0.15) is 11.4 Å². The van der Waals surface area contributed by atoms with Crippen LogP contribution in [0.2, 0.25) is 0 Å². The third-order valence-electron chi connectivity index (χ3n) is 5.47. The van der Waals surface area contributed by atoms with E-state index in [4.69, 9.17) is 5.73 Å². The summed E-state index contributed by atoms with van der Waals surface area (Å²) in [6.45, 7) is 2.64. The minimum atomic E-state index is -1.28. The molecule has 1 saturated heterocycles. The lowest BCUT2D eigenvalue weighted by Gasteiger charge is -2.48. The van der Waals surface area contributed by atoms with E-state index >= 15 is 0 Å². The molecule has 2 aliphatic rings. The maximum absolute atomic E-state index is 14.8. The Kier molecular flexibility index (Phi) is 3.99. The molecule has 2 aromatic rings. The summed E-state index contributed by atoms with van der Waals surface area (Å²) in [6, 6.07) is 3.14. The molecule has 0 bridgehead atoms. The lowest BCUT2D eigenvalue weighted by atomic mass is 9.91. The van der Waals surface area contributed by atoms with Crippen molar-refractivity contribution in [1.82, 2.24) is 4.57 Å². The number of hydrogen-bond donors (Lipinski definition) is 2. The van der Waals surface area contributed by atoms with Crippen molar-refractivity contribution in [2.24, 2.45) is 5.73 Å². The minimum absolute atomic E-state index is 0.0186. The maximum atomic E-state index is 14.8. The number of carbonyl (C=O) groups is 1. The monoisotopic (exact) mass is 359 g/mol. The van der Waals surface area contributed by atoms with Crippen molar-refractivity contribution in [3.05, 3.63) is 39.9 Å². The highest BCUT2D eigenvalue weighted by atomic mass is 19.1. The average Bonchev–Trinajstić information content (AvgIpc) is 3.43. The first-order valence-corrected chi connectivity index (χ1v) is 9.06. The van der Waals surface area contributed by atoms with Crippen molar-refractivity contribution < 1.29 is 14.3 Å². The van der Waals surface area contributed by atoms with Gasteiger partial charge in [-0.2, -0.15) is 0 Å². The summed E-state index contributed by atoms with van der Waals surface area (Å²) in [5.74, 6) is -1.79. The lowest BCUT2D eigenvalue weighted by molar-refractivity contribution is 0.0695. The van der Waals surface area contributed by atoms with Crippen LogP contribution in [0.25, 0.3) is 10.9 Å². The van der Waals surface area contributed by atoms with Crippen molar-refractivity contribution in [3.63, 3.8) is 0 Å². The van der Waals surface area contributed by atoms with E-state index in [9.17, 15) is 19.1 Å². The first-order chi connectivity index (χ1) is 12.4. The SMILES string of the molecule is CCCC1C(N)CN1c1cc2c(cc1F)c(=O)c(C(=O)O)cn2C1CC1. The van der Waals surface area contributed by atoms with Gasteiger partial charge in [-0.05, 0) is 31.4 Å². The Hall–Kier alpha value is -2.41. The van der Waals surface area contributed by atoms with Crippen molar-refractivity contribution in [2.75, 3.05) is 11.4 Å². The fourth-order valence-corrected chi connectivity index (χ4v) is 3.91. The lowest BCUT2D eigenvalue weighted by Crippen LogP contribution is -2.64. The molecule has 1 aromatic heterocycles. The molecule has 1 aromatic carbocycles. The van der Waals surface area contributed by atoms with Crippen LogP contribution in [0.4, 0.5) is 10.1 Å². The van der Waals surface area contributed by atoms with Crippen molar-refractivity contribution in [2.45, 2.75) is 50.7 Å². The molecule has 4 rings (SSSR count). The summed E-state index contributed by atoms with van der Waals surface area (Å²) in [5, 5.41) is 9.43. The highest BCUT2D eigenvalue weighted by Crippen LogP contribution is 2.39. The first kappa shape index (κ1) is 17.0. The molecule has 2 heterocycles. The van der Waals surface area contributed by atoms with Gasteiger partial charge in [0.25, 0.3) is 0 Å². The predicted molar refractivity (Wildman–Crippen MR) is 97.4 cm³/mol. The standard InChI is InChI=1S/C19H22FN3O3/c1-2-3-15-14(21)9-23(15)17-7-16-11(6-13(17)20)18(24)12(19(25)26)8-22(16)10-4-5-10/h6-8,10,14-15H,2-5,9,21H2,1H3,(H,25,26). The van der Waals surface area contributed by atoms with Gasteiger partial charge in [-0.15, -0.1) is 0 Å². The summed E-state index contributed by atoms with van der Waals surface area (Å²) in [7, 11) is 0. The number of carboxylic acids is 1. The second-order valence-electron chi connectivity index (χ2n) is 7.31. The van der Waals surface area contributed by atoms with Crippen LogP contribution < -0.4 is 16.1 Å². The third kappa shape index (κ3) is 2.58. The zero-order valence-corrected chi connectivity index (χ0v) is 14.6. The average molecular weight is 359 g/mol. The van der Waals surface area contributed by atoms with Crippen LogP contribution in [-0.4, -0.2) is 34.3 Å². The number of nitrogens with zero attached hydrogens (tertiary/aromatic N) is 2. The summed E-state index contributed by atoms with van der Waals surface area (Å²) in [6.07, 6.45) is 5.09. The van der Waals surface area contributed by atoms with Crippen LogP contribution >= 0.6 is 0 Å². The maximum Gasteiger partial charge on any atom is 0.341 e. The zero-order chi connectivity index (χ0) is 18.6. The fraction of sp³-hybridized carbons (Fsp3) is 0.474. The van der Waals surface area contributed by atoms with E-state index in [1.165, 1.54) is 12.3 Å². The Labute approximate surface area is 150 Å². The molecule has 2 unspecified atom stereocenters. The van der Waals surface area contributed by atoms with E-state index in [2.05, 4.69) is 6.92 Å². The predicted octanol–water partition coefficient (Wildman–Crippen LogP) is 2.49. The third-order valence-corrected chi connectivity index (χ3v) is 5.47. The summed E-state index contributed by atoms with van der Waals surface area (Å²) in [5.41, 5.74) is 6.16. The topological polar surface area (TPSA) is 88.6 Å². The van der Waals surface area contributed by atoms with Crippen LogP contribution in [0.1, 0.15) is 49.0 Å². The number of fused-ring (bicyclic) bond motifs is 1. The van der Waals surface area contributed by atoms with E-state index in [1.54, 1.807) is 6.07 Å². The van der Waals surface area contributed by atoms with Crippen LogP contribution in [0, 0.1) is 5.82 Å². The Morgan fingerprint density at radius 1 is 1.38 bits per heavy atom. The van der Waals surface area contributed by atoms with Gasteiger partial charge < -0.3 is 20.3 Å². The fourth-order valence-electron chi connectivity index (χ4n) is 3.91. The minimum Gasteiger partial charge on any atom is -0.477 e. The Morgan fingerprint density at radius 2 is 2.12 bits per heavy atom. The van der Waals surface area contributed by atoms with Gasteiger partial charge in [0.2, 0.25) is 5.43 Å². The second kappa shape index (κ2) is 6.09. The molecular formula is C19H22FN3O3. The second-order valence-corrected chi connectivity index (χ2v) is 7.31. The Bertz CT molecular complexity index is 951. The Morgan fingerprint density at radius 3 is 2.69 bits per heavy atom. The smallest absolute Gasteiger partial charge is 0.341 e. The van der Waals surface area contributed by atoms with Crippen LogP contribution in [0.15, 0.2) is 23.1 Å². The van der Waals surface area contributed by atoms with Crippen molar-refractivity contribution in [1.29, 1.82) is 0 Å². The number of anilines is 1. The molecule has 1 aliphatic heterocycles. The molecule has 1 aliphatic carbocycles. The van der Waals surface area contributed by atoms with E-state index in [1.807, 2.05) is 9.47 Å². The van der Waals surface area contributed by atoms with Crippen molar-refractivity contribution >= 4 is 22.6 Å². The van der Waals surface area contributed by atoms with E-state index in [-0.39, 0.29) is 29.1 Å². The molecule has 3 N–H and O–H groups in total. The number of aromatic nitrogens is 1. The zero-order valence-electron chi connectivity index (χ0n) is 14.6. The van der Waals surface area contributed by atoms with E-state index < -0.39 is 17.2 Å². The van der Waals surface area contributed by atoms with Gasteiger partial charge in [-0.3, -0.25) is 4.79 Å². The number of halogens is 1. The van der Waals surface area contributed by atoms with Gasteiger partial charge in [0.15, 0.2) is 0 Å². The number of carboxylic acid groups (broad SMARTS) is 1. The van der Waals surface area contributed by atoms with Crippen molar-refractivity contribution in [3.8, 4) is 0 Å². The largest absolute Gasteiger partial charge is 0.477 e. The molecule has 2 atom stereocenters. The summed E-state index contributed by atoms with van der Waals surface area (Å²) >= 11 is 0. The molecule has 0 spiro atoms. The number of hydrogen-bond acceptors (Lipinski definition) is 4. The molecule has 138 valence electrons. The number of benzene rings is 1. The summed E-state index contributed by atoms with van der Waals surface area (Å²) < 4.78 is 16.6. The number of nitrogens with two attached hydrogens (primary N) is 1. The van der Waals surface area contributed by atoms with Crippen LogP contribution in [-0.2, 0) is 0 Å². The van der Waals surface area contributed by atoms with Gasteiger partial charge in [0, 0.05) is 36.3 Å². The molecule has 1 saturated carbocycles. The molecule has 2 fully saturated rings. The number of rotatable bonds is 5. The van der Waals surface area contributed by atoms with Crippen LogP contribution in [0.3, 0.4) is 0 Å². The highest BCUT2D eigenvalue weighted by Gasteiger charge is 2.37.